The van der Waals surface area contributed by atoms with Crippen molar-refractivity contribution in [2.75, 3.05) is 19.6 Å². The first-order valence-electron chi connectivity index (χ1n) is 6.27. The van der Waals surface area contributed by atoms with Gasteiger partial charge in [0, 0.05) is 37.8 Å². The molecule has 0 N–H and O–H groups in total. The van der Waals surface area contributed by atoms with E-state index in [4.69, 9.17) is 0 Å². The number of hydrogen-bond acceptors (Lipinski definition) is 2. The number of piperazine rings is 1. The summed E-state index contributed by atoms with van der Waals surface area (Å²) in [6.45, 7) is 10.1. The first kappa shape index (κ1) is 14.8. The fourth-order valence-corrected chi connectivity index (χ4v) is 2.49. The van der Waals surface area contributed by atoms with Crippen molar-refractivity contribution < 1.29 is 13.2 Å². The van der Waals surface area contributed by atoms with Crippen molar-refractivity contribution in [2.45, 2.75) is 58.4 Å². The molecule has 1 aliphatic rings. The van der Waals surface area contributed by atoms with Crippen LogP contribution in [0.25, 0.3) is 0 Å². The van der Waals surface area contributed by atoms with Crippen LogP contribution in [0.5, 0.6) is 0 Å². The Hall–Kier alpha value is -0.290. The van der Waals surface area contributed by atoms with E-state index in [0.717, 1.165) is 13.1 Å². The number of rotatable bonds is 3. The van der Waals surface area contributed by atoms with E-state index in [0.29, 0.717) is 12.6 Å². The average molecular weight is 252 g/mol. The summed E-state index contributed by atoms with van der Waals surface area (Å²) in [4.78, 5) is 4.11. The summed E-state index contributed by atoms with van der Waals surface area (Å²) in [5, 5.41) is 0. The Bertz CT molecular complexity index is 238. The van der Waals surface area contributed by atoms with E-state index in [1.54, 1.807) is 0 Å². The largest absolute Gasteiger partial charge is 0.390 e. The lowest BCUT2D eigenvalue weighted by atomic mass is 10.0. The predicted molar refractivity (Wildman–Crippen MR) is 63.0 cm³/mol. The second-order valence-electron chi connectivity index (χ2n) is 5.39. The molecule has 5 heteroatoms. The average Bonchev–Trinajstić information content (AvgIpc) is 2.14. The van der Waals surface area contributed by atoms with Crippen LogP contribution in [0, 0.1) is 0 Å². The van der Waals surface area contributed by atoms with Gasteiger partial charge in [-0.1, -0.05) is 0 Å². The fraction of sp³-hybridized carbons (Fsp3) is 1.00. The van der Waals surface area contributed by atoms with Gasteiger partial charge in [0.05, 0.1) is 6.42 Å². The van der Waals surface area contributed by atoms with Crippen molar-refractivity contribution in [1.82, 2.24) is 9.80 Å². The van der Waals surface area contributed by atoms with E-state index in [1.165, 1.54) is 0 Å². The zero-order chi connectivity index (χ0) is 13.2. The Morgan fingerprint density at radius 1 is 1.06 bits per heavy atom. The molecule has 1 atom stereocenters. The number of alkyl halides is 3. The minimum Gasteiger partial charge on any atom is -0.298 e. The van der Waals surface area contributed by atoms with Crippen LogP contribution < -0.4 is 0 Å². The van der Waals surface area contributed by atoms with Gasteiger partial charge < -0.3 is 0 Å². The highest BCUT2D eigenvalue weighted by atomic mass is 19.4. The van der Waals surface area contributed by atoms with E-state index in [9.17, 15) is 13.2 Å². The van der Waals surface area contributed by atoms with E-state index in [2.05, 4.69) is 4.90 Å². The van der Waals surface area contributed by atoms with Crippen molar-refractivity contribution in [3.63, 3.8) is 0 Å². The highest BCUT2D eigenvalue weighted by Gasteiger charge is 2.38. The Morgan fingerprint density at radius 3 is 2.06 bits per heavy atom. The summed E-state index contributed by atoms with van der Waals surface area (Å²) in [5.41, 5.74) is 0. The smallest absolute Gasteiger partial charge is 0.298 e. The zero-order valence-corrected chi connectivity index (χ0v) is 11.1. The summed E-state index contributed by atoms with van der Waals surface area (Å²) in [5.74, 6) is 0. The quantitative estimate of drug-likeness (QED) is 0.762. The molecule has 1 saturated heterocycles. The van der Waals surface area contributed by atoms with Gasteiger partial charge in [-0.15, -0.1) is 0 Å². The van der Waals surface area contributed by atoms with Gasteiger partial charge in [-0.2, -0.15) is 13.2 Å². The van der Waals surface area contributed by atoms with Gasteiger partial charge >= 0.3 is 6.18 Å². The molecule has 1 unspecified atom stereocenters. The Labute approximate surface area is 102 Å². The number of hydrogen-bond donors (Lipinski definition) is 0. The molecule has 0 spiro atoms. The van der Waals surface area contributed by atoms with Gasteiger partial charge in [0.1, 0.15) is 0 Å². The maximum Gasteiger partial charge on any atom is 0.390 e. The topological polar surface area (TPSA) is 6.48 Å². The maximum atomic E-state index is 12.6. The van der Waals surface area contributed by atoms with Crippen molar-refractivity contribution in [1.29, 1.82) is 0 Å². The third kappa shape index (κ3) is 4.47. The molecule has 0 radical (unpaired) electrons. The lowest BCUT2D eigenvalue weighted by Gasteiger charge is -2.45. The standard InChI is InChI=1S/C12H23F3N2/c1-9(2)16-5-6-17(10(3)4)11(8-16)7-12(13,14)15/h9-11H,5-8H2,1-4H3. The second-order valence-corrected chi connectivity index (χ2v) is 5.39. The van der Waals surface area contributed by atoms with Crippen molar-refractivity contribution in [3.8, 4) is 0 Å². The van der Waals surface area contributed by atoms with Crippen LogP contribution in [-0.2, 0) is 0 Å². The first-order valence-corrected chi connectivity index (χ1v) is 6.27. The van der Waals surface area contributed by atoms with Gasteiger partial charge in [-0.3, -0.25) is 9.80 Å². The molecule has 0 aromatic heterocycles. The van der Waals surface area contributed by atoms with Crippen LogP contribution in [-0.4, -0.2) is 53.7 Å². The molecular weight excluding hydrogens is 229 g/mol. The fourth-order valence-electron chi connectivity index (χ4n) is 2.49. The van der Waals surface area contributed by atoms with Gasteiger partial charge in [-0.05, 0) is 27.7 Å². The Morgan fingerprint density at radius 2 is 1.65 bits per heavy atom. The van der Waals surface area contributed by atoms with E-state index in [-0.39, 0.29) is 6.04 Å². The van der Waals surface area contributed by atoms with Gasteiger partial charge in [0.2, 0.25) is 0 Å². The molecule has 1 fully saturated rings. The molecular formula is C12H23F3N2. The molecule has 0 bridgehead atoms. The van der Waals surface area contributed by atoms with Gasteiger partial charge in [-0.25, -0.2) is 0 Å². The molecule has 0 saturated carbocycles. The van der Waals surface area contributed by atoms with Crippen LogP contribution in [0.15, 0.2) is 0 Å². The number of halogens is 3. The van der Waals surface area contributed by atoms with Crippen molar-refractivity contribution in [3.05, 3.63) is 0 Å². The van der Waals surface area contributed by atoms with E-state index in [1.807, 2.05) is 32.6 Å². The molecule has 17 heavy (non-hydrogen) atoms. The second kappa shape index (κ2) is 5.57. The molecule has 0 aromatic carbocycles. The van der Waals surface area contributed by atoms with Crippen LogP contribution in [0.1, 0.15) is 34.1 Å². The summed E-state index contributed by atoms with van der Waals surface area (Å²) in [6, 6.07) is 0.0999. The molecule has 1 heterocycles. The van der Waals surface area contributed by atoms with Gasteiger partial charge in [0.25, 0.3) is 0 Å². The zero-order valence-electron chi connectivity index (χ0n) is 11.1. The normalized spacial score (nSPS) is 24.9. The minimum atomic E-state index is -4.07. The van der Waals surface area contributed by atoms with Crippen LogP contribution in [0.3, 0.4) is 0 Å². The third-order valence-electron chi connectivity index (χ3n) is 3.42. The molecule has 0 amide bonds. The highest BCUT2D eigenvalue weighted by Crippen LogP contribution is 2.27. The third-order valence-corrected chi connectivity index (χ3v) is 3.42. The predicted octanol–water partition coefficient (Wildman–Crippen LogP) is 2.74. The summed E-state index contributed by atoms with van der Waals surface area (Å²) in [7, 11) is 0. The summed E-state index contributed by atoms with van der Waals surface area (Å²) in [6.07, 6.45) is -4.77. The van der Waals surface area contributed by atoms with Crippen LogP contribution in [0.2, 0.25) is 0 Å². The van der Waals surface area contributed by atoms with E-state index < -0.39 is 18.6 Å². The van der Waals surface area contributed by atoms with Crippen LogP contribution in [0.4, 0.5) is 13.2 Å². The first-order chi connectivity index (χ1) is 7.70. The highest BCUT2D eigenvalue weighted by molar-refractivity contribution is 4.86. The van der Waals surface area contributed by atoms with Crippen molar-refractivity contribution in [2.24, 2.45) is 0 Å². The molecule has 1 aliphatic heterocycles. The molecule has 0 aliphatic carbocycles. The Kier molecular flexibility index (Phi) is 4.84. The summed E-state index contributed by atoms with van der Waals surface area (Å²) >= 11 is 0. The van der Waals surface area contributed by atoms with Crippen molar-refractivity contribution >= 4 is 0 Å². The molecule has 102 valence electrons. The maximum absolute atomic E-state index is 12.6. The number of nitrogens with zero attached hydrogens (tertiary/aromatic N) is 2. The molecule has 2 nitrogen and oxygen atoms in total. The minimum absolute atomic E-state index is 0.177. The van der Waals surface area contributed by atoms with E-state index >= 15 is 0 Å². The van der Waals surface area contributed by atoms with Gasteiger partial charge in [0.15, 0.2) is 0 Å². The lowest BCUT2D eigenvalue weighted by molar-refractivity contribution is -0.155. The SMILES string of the molecule is CC(C)N1CCN(C(C)C)C(CC(F)(F)F)C1. The summed E-state index contributed by atoms with van der Waals surface area (Å²) < 4.78 is 37.7. The van der Waals surface area contributed by atoms with Crippen LogP contribution >= 0.6 is 0 Å². The Balaban J connectivity index is 2.69. The molecule has 1 rings (SSSR count). The molecule has 0 aromatic rings. The lowest BCUT2D eigenvalue weighted by Crippen LogP contribution is -2.57. The monoisotopic (exact) mass is 252 g/mol.